The van der Waals surface area contributed by atoms with E-state index in [1.165, 1.54) is 6.20 Å². The van der Waals surface area contributed by atoms with Crippen molar-refractivity contribution in [2.45, 2.75) is 6.18 Å². The second-order valence-corrected chi connectivity index (χ2v) is 9.60. The molecule has 0 amide bonds. The minimum atomic E-state index is -4.48. The summed E-state index contributed by atoms with van der Waals surface area (Å²) in [4.78, 5) is 12.0. The second-order valence-electron chi connectivity index (χ2n) is 8.63. The molecule has 9 nitrogen and oxygen atoms in total. The summed E-state index contributed by atoms with van der Waals surface area (Å²) in [5.74, 6) is -0.644. The molecule has 4 rings (SSSR count). The minimum Gasteiger partial charge on any atom is -0.402 e. The van der Waals surface area contributed by atoms with E-state index in [0.717, 1.165) is 29.7 Å². The zero-order valence-corrected chi connectivity index (χ0v) is 22.0. The zero-order valence-electron chi connectivity index (χ0n) is 21.2. The first kappa shape index (κ1) is 28.0. The van der Waals surface area contributed by atoms with Crippen molar-refractivity contribution < 1.29 is 22.3 Å². The number of halogens is 4. The topological polar surface area (TPSA) is 105 Å². The van der Waals surface area contributed by atoms with Crippen LogP contribution in [0.1, 0.15) is 10.6 Å². The highest BCUT2D eigenvalue weighted by atomic mass is 32.1. The Balaban J connectivity index is 1.51. The van der Waals surface area contributed by atoms with E-state index in [9.17, 15) is 17.6 Å². The summed E-state index contributed by atoms with van der Waals surface area (Å²) in [5.41, 5.74) is 6.48. The molecule has 1 aliphatic heterocycles. The van der Waals surface area contributed by atoms with E-state index in [1.807, 2.05) is 0 Å². The maximum Gasteiger partial charge on any atom is 0.416 e. The Morgan fingerprint density at radius 1 is 1.18 bits per heavy atom. The van der Waals surface area contributed by atoms with E-state index >= 15 is 0 Å². The molecule has 0 saturated carbocycles. The lowest BCUT2D eigenvalue weighted by Gasteiger charge is -2.29. The van der Waals surface area contributed by atoms with Crippen LogP contribution in [0.5, 0.6) is 0 Å². The standard InChI is InChI=1S/C25H26F4N8OS/c1-15(32-22(20(26)13-30)37-6-8-38-9-7-37)23-34-35-24(39-23)21-5-4-17(14-31-21)33-18-10-16(25(27,28)29)11-19(12-18)36(2)3/h4-5,10-14,33H,1,6-9,30H2,2-3H3/b20-13+,32-22+. The molecule has 3 aromatic rings. The maximum atomic E-state index is 14.4. The summed E-state index contributed by atoms with van der Waals surface area (Å²) in [6, 6.07) is 7.07. The van der Waals surface area contributed by atoms with Crippen molar-refractivity contribution in [1.82, 2.24) is 20.1 Å². The van der Waals surface area contributed by atoms with Crippen molar-refractivity contribution >= 4 is 39.9 Å². The van der Waals surface area contributed by atoms with Gasteiger partial charge in [0.15, 0.2) is 21.7 Å². The first-order chi connectivity index (χ1) is 18.5. The van der Waals surface area contributed by atoms with E-state index in [2.05, 4.69) is 32.1 Å². The molecule has 1 saturated heterocycles. The average Bonchev–Trinajstić information content (AvgIpc) is 3.42. The van der Waals surface area contributed by atoms with E-state index in [0.29, 0.717) is 53.4 Å². The Labute approximate surface area is 226 Å². The molecule has 1 fully saturated rings. The molecule has 1 aliphatic rings. The minimum absolute atomic E-state index is 0.0446. The van der Waals surface area contributed by atoms with Crippen molar-refractivity contribution in [3.63, 3.8) is 0 Å². The molecule has 206 valence electrons. The highest BCUT2D eigenvalue weighted by Gasteiger charge is 2.31. The number of hydrogen-bond acceptors (Lipinski definition) is 9. The Morgan fingerprint density at radius 2 is 1.92 bits per heavy atom. The predicted molar refractivity (Wildman–Crippen MR) is 144 cm³/mol. The Bertz CT molecular complexity index is 1380. The number of benzene rings is 1. The summed E-state index contributed by atoms with van der Waals surface area (Å²) in [6.45, 7) is 5.69. The Hall–Kier alpha value is -4.04. The number of nitrogens with zero attached hydrogens (tertiary/aromatic N) is 6. The number of nitrogens with two attached hydrogens (primary N) is 1. The number of nitrogens with one attached hydrogen (secondary N) is 1. The number of aromatic nitrogens is 3. The molecule has 0 radical (unpaired) electrons. The molecule has 0 atom stereocenters. The smallest absolute Gasteiger partial charge is 0.402 e. The van der Waals surface area contributed by atoms with Crippen LogP contribution in [-0.2, 0) is 10.9 Å². The van der Waals surface area contributed by atoms with Gasteiger partial charge in [-0.05, 0) is 30.3 Å². The number of anilines is 3. The van der Waals surface area contributed by atoms with E-state index in [1.54, 1.807) is 42.1 Å². The second kappa shape index (κ2) is 11.8. The van der Waals surface area contributed by atoms with Gasteiger partial charge in [-0.3, -0.25) is 4.98 Å². The van der Waals surface area contributed by atoms with Gasteiger partial charge in [-0.2, -0.15) is 13.2 Å². The molecule has 2 aromatic heterocycles. The van der Waals surface area contributed by atoms with E-state index < -0.39 is 17.6 Å². The average molecular weight is 563 g/mol. The number of aliphatic imine (C=N–C) groups is 1. The summed E-state index contributed by atoms with van der Waals surface area (Å²) < 4.78 is 59.8. The fourth-order valence-corrected chi connectivity index (χ4v) is 4.35. The Kier molecular flexibility index (Phi) is 8.45. The SMILES string of the molecule is C=C(/N=C(\C(F)=C/N)N1CCOCC1)c1nnc(-c2ccc(Nc3cc(N(C)C)cc(C(F)(F)F)c3)cn2)s1. The zero-order chi connectivity index (χ0) is 28.2. The van der Waals surface area contributed by atoms with Gasteiger partial charge in [-0.15, -0.1) is 10.2 Å². The van der Waals surface area contributed by atoms with Crippen LogP contribution in [0.15, 0.2) is 60.1 Å². The molecule has 0 bridgehead atoms. The van der Waals surface area contributed by atoms with Gasteiger partial charge in [0.2, 0.25) is 0 Å². The predicted octanol–water partition coefficient (Wildman–Crippen LogP) is 4.90. The van der Waals surface area contributed by atoms with Crippen molar-refractivity contribution in [3.8, 4) is 10.7 Å². The number of hydrogen-bond donors (Lipinski definition) is 2. The molecule has 39 heavy (non-hydrogen) atoms. The van der Waals surface area contributed by atoms with Gasteiger partial charge in [0.25, 0.3) is 0 Å². The van der Waals surface area contributed by atoms with Gasteiger partial charge < -0.3 is 25.6 Å². The fourth-order valence-electron chi connectivity index (χ4n) is 3.61. The van der Waals surface area contributed by atoms with Gasteiger partial charge >= 0.3 is 6.18 Å². The third kappa shape index (κ3) is 6.89. The largest absolute Gasteiger partial charge is 0.416 e. The van der Waals surface area contributed by atoms with Gasteiger partial charge in [-0.25, -0.2) is 9.38 Å². The van der Waals surface area contributed by atoms with E-state index in [4.69, 9.17) is 10.5 Å². The summed E-state index contributed by atoms with van der Waals surface area (Å²) in [6.07, 6.45) is -2.16. The van der Waals surface area contributed by atoms with Crippen molar-refractivity contribution in [3.05, 3.63) is 65.7 Å². The summed E-state index contributed by atoms with van der Waals surface area (Å²) >= 11 is 1.16. The van der Waals surface area contributed by atoms with Gasteiger partial charge in [0.05, 0.1) is 36.4 Å². The number of pyridine rings is 1. The quantitative estimate of drug-likeness (QED) is 0.238. The van der Waals surface area contributed by atoms with Crippen LogP contribution < -0.4 is 16.0 Å². The molecule has 3 N–H and O–H groups in total. The maximum absolute atomic E-state index is 14.4. The molecule has 14 heteroatoms. The van der Waals surface area contributed by atoms with Crippen LogP contribution in [0, 0.1) is 0 Å². The van der Waals surface area contributed by atoms with Crippen LogP contribution in [0.3, 0.4) is 0 Å². The van der Waals surface area contributed by atoms with Crippen LogP contribution in [0.2, 0.25) is 0 Å². The monoisotopic (exact) mass is 562 g/mol. The first-order valence-corrected chi connectivity index (χ1v) is 12.5. The van der Waals surface area contributed by atoms with Gasteiger partial charge in [-0.1, -0.05) is 17.9 Å². The van der Waals surface area contributed by atoms with Crippen molar-refractivity contribution in [2.24, 2.45) is 10.7 Å². The van der Waals surface area contributed by atoms with Crippen molar-refractivity contribution in [2.75, 3.05) is 50.6 Å². The van der Waals surface area contributed by atoms with Crippen LogP contribution in [0.25, 0.3) is 16.4 Å². The van der Waals surface area contributed by atoms with Crippen LogP contribution >= 0.6 is 11.3 Å². The Morgan fingerprint density at radius 3 is 2.54 bits per heavy atom. The highest BCUT2D eigenvalue weighted by Crippen LogP contribution is 2.35. The first-order valence-electron chi connectivity index (χ1n) is 11.7. The van der Waals surface area contributed by atoms with Crippen LogP contribution in [0.4, 0.5) is 34.6 Å². The summed E-state index contributed by atoms with van der Waals surface area (Å²) in [7, 11) is 3.33. The molecular formula is C25H26F4N8OS. The normalized spacial score (nSPS) is 14.9. The number of morpholine rings is 1. The molecule has 0 aliphatic carbocycles. The van der Waals surface area contributed by atoms with Gasteiger partial charge in [0, 0.05) is 44.8 Å². The molecule has 3 heterocycles. The molecule has 1 aromatic carbocycles. The van der Waals surface area contributed by atoms with E-state index in [-0.39, 0.29) is 17.2 Å². The van der Waals surface area contributed by atoms with Gasteiger partial charge in [0.1, 0.15) is 5.69 Å². The fraction of sp³-hybridized carbons (Fsp3) is 0.280. The lowest BCUT2D eigenvalue weighted by molar-refractivity contribution is -0.137. The van der Waals surface area contributed by atoms with Crippen molar-refractivity contribution in [1.29, 1.82) is 0 Å². The summed E-state index contributed by atoms with van der Waals surface area (Å²) in [5, 5.41) is 12.0. The van der Waals surface area contributed by atoms with Crippen LogP contribution in [-0.4, -0.2) is 66.3 Å². The number of rotatable bonds is 7. The number of ether oxygens (including phenoxy) is 1. The number of alkyl halides is 3. The third-order valence-corrected chi connectivity index (χ3v) is 6.61. The molecular weight excluding hydrogens is 536 g/mol. The molecule has 0 spiro atoms. The lowest BCUT2D eigenvalue weighted by atomic mass is 10.1. The number of amidine groups is 1. The molecule has 0 unspecified atom stereocenters. The lowest BCUT2D eigenvalue weighted by Crippen LogP contribution is -2.41. The highest BCUT2D eigenvalue weighted by molar-refractivity contribution is 7.15. The third-order valence-electron chi connectivity index (χ3n) is 5.62.